The first-order valence-electron chi connectivity index (χ1n) is 9.74. The smallest absolute Gasteiger partial charge is 0.104 e. The van der Waals surface area contributed by atoms with Gasteiger partial charge in [0, 0.05) is 0 Å². The summed E-state index contributed by atoms with van der Waals surface area (Å²) in [6, 6.07) is 27.2. The number of benzene rings is 3. The zero-order chi connectivity index (χ0) is 19.7. The van der Waals surface area contributed by atoms with E-state index in [1.54, 1.807) is 0 Å². The Hall–Kier alpha value is -2.31. The van der Waals surface area contributed by atoms with E-state index in [0.29, 0.717) is 0 Å². The molecular formula is C26H29Cl. The number of allylic oxidation sites excluding steroid dienone is 1. The zero-order valence-corrected chi connectivity index (χ0v) is 17.5. The van der Waals surface area contributed by atoms with Crippen molar-refractivity contribution in [3.8, 4) is 0 Å². The maximum absolute atomic E-state index is 7.36. The second-order valence-electron chi connectivity index (χ2n) is 6.27. The van der Waals surface area contributed by atoms with Crippen LogP contribution < -0.4 is 0 Å². The normalized spacial score (nSPS) is 12.9. The highest BCUT2D eigenvalue weighted by molar-refractivity contribution is 6.28. The molecule has 1 atom stereocenters. The van der Waals surface area contributed by atoms with Gasteiger partial charge in [-0.1, -0.05) is 112 Å². The highest BCUT2D eigenvalue weighted by Gasteiger charge is 2.34. The van der Waals surface area contributed by atoms with E-state index in [-0.39, 0.29) is 0 Å². The van der Waals surface area contributed by atoms with Crippen molar-refractivity contribution in [2.24, 2.45) is 0 Å². The number of hydrogen-bond acceptors (Lipinski definition) is 0. The van der Waals surface area contributed by atoms with Crippen LogP contribution in [0, 0.1) is 6.92 Å². The van der Waals surface area contributed by atoms with Gasteiger partial charge in [0.05, 0.1) is 0 Å². The van der Waals surface area contributed by atoms with Crippen LogP contribution in [0.25, 0.3) is 6.08 Å². The van der Waals surface area contributed by atoms with Crippen molar-refractivity contribution in [2.75, 3.05) is 0 Å². The van der Waals surface area contributed by atoms with E-state index in [4.69, 9.17) is 11.6 Å². The third kappa shape index (κ3) is 4.70. The van der Waals surface area contributed by atoms with E-state index >= 15 is 0 Å². The summed E-state index contributed by atoms with van der Waals surface area (Å²) in [7, 11) is 0. The van der Waals surface area contributed by atoms with Gasteiger partial charge in [-0.2, -0.15) is 0 Å². The predicted octanol–water partition coefficient (Wildman–Crippen LogP) is 7.98. The monoisotopic (exact) mass is 376 g/mol. The summed E-state index contributed by atoms with van der Waals surface area (Å²) in [6.45, 7) is 8.26. The molecular weight excluding hydrogens is 348 g/mol. The molecule has 3 aromatic carbocycles. The van der Waals surface area contributed by atoms with Gasteiger partial charge < -0.3 is 0 Å². The molecule has 27 heavy (non-hydrogen) atoms. The lowest BCUT2D eigenvalue weighted by Crippen LogP contribution is -2.23. The lowest BCUT2D eigenvalue weighted by Gasteiger charge is -2.30. The maximum Gasteiger partial charge on any atom is 0.120 e. The third-order valence-corrected chi connectivity index (χ3v) is 5.18. The Morgan fingerprint density at radius 1 is 0.778 bits per heavy atom. The lowest BCUT2D eigenvalue weighted by atomic mass is 9.82. The molecule has 0 saturated carbocycles. The van der Waals surface area contributed by atoms with Gasteiger partial charge in [0.25, 0.3) is 0 Å². The van der Waals surface area contributed by atoms with Crippen molar-refractivity contribution in [3.63, 3.8) is 0 Å². The molecule has 0 aliphatic heterocycles. The molecule has 0 fully saturated rings. The quantitative estimate of drug-likeness (QED) is 0.312. The molecule has 0 N–H and O–H groups in total. The van der Waals surface area contributed by atoms with Crippen molar-refractivity contribution in [3.05, 3.63) is 113 Å². The van der Waals surface area contributed by atoms with Crippen LogP contribution in [-0.4, -0.2) is 0 Å². The van der Waals surface area contributed by atoms with Crippen LogP contribution in [-0.2, 0) is 4.87 Å². The van der Waals surface area contributed by atoms with Crippen LogP contribution in [0.2, 0.25) is 0 Å². The van der Waals surface area contributed by atoms with Crippen LogP contribution in [0.1, 0.15) is 55.0 Å². The van der Waals surface area contributed by atoms with Gasteiger partial charge in [-0.05, 0) is 41.2 Å². The molecule has 0 aliphatic rings. The Kier molecular flexibility index (Phi) is 7.88. The number of rotatable bonds is 5. The summed E-state index contributed by atoms with van der Waals surface area (Å²) in [4.78, 5) is -0.695. The van der Waals surface area contributed by atoms with Gasteiger partial charge in [0.15, 0.2) is 0 Å². The van der Waals surface area contributed by atoms with Crippen molar-refractivity contribution in [2.45, 2.75) is 39.0 Å². The van der Waals surface area contributed by atoms with E-state index in [1.165, 1.54) is 11.1 Å². The third-order valence-electron chi connectivity index (χ3n) is 4.54. The molecule has 0 bridgehead atoms. The van der Waals surface area contributed by atoms with Crippen molar-refractivity contribution in [1.82, 2.24) is 0 Å². The fourth-order valence-electron chi connectivity index (χ4n) is 3.18. The van der Waals surface area contributed by atoms with Gasteiger partial charge in [-0.3, -0.25) is 0 Å². The van der Waals surface area contributed by atoms with E-state index in [2.05, 4.69) is 86.7 Å². The van der Waals surface area contributed by atoms with Crippen LogP contribution >= 0.6 is 11.6 Å². The SMILES string of the molecule is CC.CC/C=C/c1ccc(C(Cl)(c2ccccc2)c2ccccc2C)cc1. The van der Waals surface area contributed by atoms with Gasteiger partial charge in [0.2, 0.25) is 0 Å². The standard InChI is InChI=1S/C24H23Cl.C2H6/c1-3-4-11-20-15-17-22(18-16-20)24(25,21-12-6-5-7-13-21)23-14-9-8-10-19(23)2;1-2/h4-18H,3H2,1-2H3;1-2H3/b11-4+;. The maximum atomic E-state index is 7.36. The first-order chi connectivity index (χ1) is 13.2. The fourth-order valence-corrected chi connectivity index (χ4v) is 3.65. The van der Waals surface area contributed by atoms with E-state index in [9.17, 15) is 0 Å². The molecule has 0 nitrogen and oxygen atoms in total. The Bertz CT molecular complexity index is 847. The van der Waals surface area contributed by atoms with Gasteiger partial charge in [-0.25, -0.2) is 0 Å². The summed E-state index contributed by atoms with van der Waals surface area (Å²) in [5, 5.41) is 0. The Morgan fingerprint density at radius 2 is 1.33 bits per heavy atom. The van der Waals surface area contributed by atoms with Crippen molar-refractivity contribution >= 4 is 17.7 Å². The molecule has 0 amide bonds. The van der Waals surface area contributed by atoms with Crippen LogP contribution in [0.4, 0.5) is 0 Å². The molecule has 1 heteroatoms. The fraction of sp³-hybridized carbons (Fsp3) is 0.231. The number of alkyl halides is 1. The topological polar surface area (TPSA) is 0 Å². The largest absolute Gasteiger partial charge is 0.120 e. The molecule has 0 aliphatic carbocycles. The highest BCUT2D eigenvalue weighted by Crippen LogP contribution is 2.44. The molecule has 1 unspecified atom stereocenters. The second-order valence-corrected chi connectivity index (χ2v) is 6.84. The summed E-state index contributed by atoms with van der Waals surface area (Å²) in [5.41, 5.74) is 5.68. The minimum atomic E-state index is -0.695. The van der Waals surface area contributed by atoms with Gasteiger partial charge in [-0.15, -0.1) is 11.6 Å². The number of aryl methyl sites for hydroxylation is 1. The molecule has 0 saturated heterocycles. The Morgan fingerprint density at radius 3 is 1.93 bits per heavy atom. The summed E-state index contributed by atoms with van der Waals surface area (Å²) in [5.74, 6) is 0. The molecule has 0 radical (unpaired) electrons. The molecule has 0 aromatic heterocycles. The minimum absolute atomic E-state index is 0.695. The average Bonchev–Trinajstić information content (AvgIpc) is 2.74. The minimum Gasteiger partial charge on any atom is -0.104 e. The van der Waals surface area contributed by atoms with E-state index in [1.807, 2.05) is 32.0 Å². The first-order valence-corrected chi connectivity index (χ1v) is 10.1. The highest BCUT2D eigenvalue weighted by atomic mass is 35.5. The number of halogens is 1. The Labute approximate surface area is 169 Å². The van der Waals surface area contributed by atoms with Crippen molar-refractivity contribution in [1.29, 1.82) is 0 Å². The Balaban J connectivity index is 0.00000126. The summed E-state index contributed by atoms with van der Waals surface area (Å²) < 4.78 is 0. The second kappa shape index (κ2) is 10.1. The molecule has 140 valence electrons. The van der Waals surface area contributed by atoms with Gasteiger partial charge >= 0.3 is 0 Å². The van der Waals surface area contributed by atoms with E-state index < -0.39 is 4.87 Å². The molecule has 3 rings (SSSR count). The first kappa shape index (κ1) is 21.0. The summed E-state index contributed by atoms with van der Waals surface area (Å²) >= 11 is 7.36. The lowest BCUT2D eigenvalue weighted by molar-refractivity contribution is 0.868. The molecule has 0 spiro atoms. The van der Waals surface area contributed by atoms with E-state index in [0.717, 1.165) is 23.1 Å². The molecule has 3 aromatic rings. The predicted molar refractivity (Wildman–Crippen MR) is 120 cm³/mol. The zero-order valence-electron chi connectivity index (χ0n) is 16.7. The van der Waals surface area contributed by atoms with Crippen LogP contribution in [0.15, 0.2) is 84.9 Å². The average molecular weight is 377 g/mol. The van der Waals surface area contributed by atoms with Crippen LogP contribution in [0.3, 0.4) is 0 Å². The summed E-state index contributed by atoms with van der Waals surface area (Å²) in [6.07, 6.45) is 5.35. The number of hydrogen-bond donors (Lipinski definition) is 0. The molecule has 0 heterocycles. The van der Waals surface area contributed by atoms with Crippen LogP contribution in [0.5, 0.6) is 0 Å². The van der Waals surface area contributed by atoms with Crippen molar-refractivity contribution < 1.29 is 0 Å². The van der Waals surface area contributed by atoms with Gasteiger partial charge in [0.1, 0.15) is 4.87 Å².